The van der Waals surface area contributed by atoms with Crippen LogP contribution in [0.1, 0.15) is 11.1 Å². The van der Waals surface area contributed by atoms with Crippen LogP contribution in [0.3, 0.4) is 0 Å². The van der Waals surface area contributed by atoms with Gasteiger partial charge in [0.2, 0.25) is 0 Å². The Hall–Kier alpha value is -2.21. The van der Waals surface area contributed by atoms with Crippen LogP contribution in [0.25, 0.3) is 0 Å². The van der Waals surface area contributed by atoms with Crippen molar-refractivity contribution in [2.24, 2.45) is 5.84 Å². The van der Waals surface area contributed by atoms with Gasteiger partial charge in [-0.1, -0.05) is 6.07 Å². The van der Waals surface area contributed by atoms with E-state index in [0.717, 1.165) is 11.1 Å². The Balaban J connectivity index is 2.37. The summed E-state index contributed by atoms with van der Waals surface area (Å²) in [4.78, 5) is 19.4. The van der Waals surface area contributed by atoms with Gasteiger partial charge in [0, 0.05) is 24.2 Å². The molecule has 2 aromatic rings. The van der Waals surface area contributed by atoms with Gasteiger partial charge in [0.1, 0.15) is 5.82 Å². The van der Waals surface area contributed by atoms with Crippen molar-refractivity contribution in [3.8, 4) is 0 Å². The van der Waals surface area contributed by atoms with Crippen molar-refractivity contribution in [2.75, 3.05) is 5.43 Å². The van der Waals surface area contributed by atoms with E-state index < -0.39 is 0 Å². The zero-order valence-corrected chi connectivity index (χ0v) is 9.42. The molecule has 2 aromatic heterocycles. The maximum absolute atomic E-state index is 11.6. The molecule has 0 amide bonds. The highest BCUT2D eigenvalue weighted by atomic mass is 16.1. The van der Waals surface area contributed by atoms with Crippen molar-refractivity contribution in [1.29, 1.82) is 0 Å². The Labute approximate surface area is 98.1 Å². The van der Waals surface area contributed by atoms with Crippen LogP contribution in [0.15, 0.2) is 35.5 Å². The van der Waals surface area contributed by atoms with E-state index in [9.17, 15) is 4.79 Å². The summed E-state index contributed by atoms with van der Waals surface area (Å²) in [5, 5.41) is 0. The molecule has 2 rings (SSSR count). The third kappa shape index (κ3) is 2.48. The van der Waals surface area contributed by atoms with E-state index >= 15 is 0 Å². The molecular formula is C11H13N5O. The monoisotopic (exact) mass is 231 g/mol. The average molecular weight is 231 g/mol. The van der Waals surface area contributed by atoms with Crippen molar-refractivity contribution in [3.05, 3.63) is 52.3 Å². The lowest BCUT2D eigenvalue weighted by molar-refractivity contribution is 0.719. The van der Waals surface area contributed by atoms with Gasteiger partial charge in [-0.25, -0.2) is 20.6 Å². The van der Waals surface area contributed by atoms with Crippen LogP contribution in [0.5, 0.6) is 0 Å². The molecule has 0 radical (unpaired) electrons. The summed E-state index contributed by atoms with van der Waals surface area (Å²) < 4.78 is 1.52. The molecule has 6 nitrogen and oxygen atoms in total. The molecule has 3 N–H and O–H groups in total. The number of hydrogen-bond donors (Lipinski definition) is 2. The van der Waals surface area contributed by atoms with Gasteiger partial charge < -0.3 is 5.43 Å². The van der Waals surface area contributed by atoms with E-state index in [1.54, 1.807) is 24.7 Å². The minimum Gasteiger partial charge on any atom is -0.308 e. The lowest BCUT2D eigenvalue weighted by atomic mass is 10.2. The van der Waals surface area contributed by atoms with E-state index in [-0.39, 0.29) is 5.69 Å². The second-order valence-electron chi connectivity index (χ2n) is 3.70. The van der Waals surface area contributed by atoms with Crippen molar-refractivity contribution >= 4 is 5.82 Å². The summed E-state index contributed by atoms with van der Waals surface area (Å²) in [5.74, 6) is 5.91. The summed E-state index contributed by atoms with van der Waals surface area (Å²) >= 11 is 0. The summed E-state index contributed by atoms with van der Waals surface area (Å²) in [6.45, 7) is 2.27. The SMILES string of the molecule is Cc1cnc(=O)n(Cc2cccnc2NN)c1. The first-order valence-electron chi connectivity index (χ1n) is 5.14. The van der Waals surface area contributed by atoms with Gasteiger partial charge >= 0.3 is 5.69 Å². The Morgan fingerprint density at radius 3 is 3.06 bits per heavy atom. The normalized spacial score (nSPS) is 10.2. The molecular weight excluding hydrogens is 218 g/mol. The number of nitrogens with zero attached hydrogens (tertiary/aromatic N) is 3. The number of hydrazine groups is 1. The predicted octanol–water partition coefficient (Wildman–Crippen LogP) is 0.281. The lowest BCUT2D eigenvalue weighted by Gasteiger charge is -2.09. The van der Waals surface area contributed by atoms with Gasteiger partial charge in [-0.05, 0) is 18.6 Å². The molecule has 17 heavy (non-hydrogen) atoms. The first-order chi connectivity index (χ1) is 8.20. The number of hydrogen-bond acceptors (Lipinski definition) is 5. The van der Waals surface area contributed by atoms with E-state index in [0.29, 0.717) is 12.4 Å². The molecule has 0 aromatic carbocycles. The van der Waals surface area contributed by atoms with Gasteiger partial charge in [0.15, 0.2) is 0 Å². The zero-order valence-electron chi connectivity index (χ0n) is 9.42. The Bertz CT molecular complexity index is 578. The fourth-order valence-corrected chi connectivity index (χ4v) is 1.56. The molecule has 0 saturated heterocycles. The van der Waals surface area contributed by atoms with Crippen LogP contribution >= 0.6 is 0 Å². The highest BCUT2D eigenvalue weighted by molar-refractivity contribution is 5.42. The minimum atomic E-state index is -0.289. The molecule has 0 aliphatic rings. The standard InChI is InChI=1S/C11H13N5O/c1-8-5-14-11(17)16(6-8)7-9-3-2-4-13-10(9)15-12/h2-6H,7,12H2,1H3,(H,13,15). The molecule has 0 aliphatic carbocycles. The Morgan fingerprint density at radius 1 is 1.47 bits per heavy atom. The van der Waals surface area contributed by atoms with Crippen molar-refractivity contribution in [3.63, 3.8) is 0 Å². The van der Waals surface area contributed by atoms with Gasteiger partial charge in [-0.3, -0.25) is 4.57 Å². The fourth-order valence-electron chi connectivity index (χ4n) is 1.56. The highest BCUT2D eigenvalue weighted by Crippen LogP contribution is 2.10. The molecule has 0 unspecified atom stereocenters. The van der Waals surface area contributed by atoms with Crippen LogP contribution in [0, 0.1) is 6.92 Å². The van der Waals surface area contributed by atoms with E-state index in [4.69, 9.17) is 5.84 Å². The summed E-state index contributed by atoms with van der Waals surface area (Å²) in [6, 6.07) is 3.65. The number of anilines is 1. The first-order valence-corrected chi connectivity index (χ1v) is 5.14. The van der Waals surface area contributed by atoms with Crippen LogP contribution in [-0.2, 0) is 6.54 Å². The maximum Gasteiger partial charge on any atom is 0.347 e. The molecule has 0 bridgehead atoms. The number of pyridine rings is 1. The highest BCUT2D eigenvalue weighted by Gasteiger charge is 2.04. The summed E-state index contributed by atoms with van der Waals surface area (Å²) in [7, 11) is 0. The van der Waals surface area contributed by atoms with Crippen molar-refractivity contribution < 1.29 is 0 Å². The summed E-state index contributed by atoms with van der Waals surface area (Å²) in [5.41, 5.74) is 3.98. The molecule has 0 aliphatic heterocycles. The smallest absolute Gasteiger partial charge is 0.308 e. The molecule has 88 valence electrons. The second kappa shape index (κ2) is 4.75. The minimum absolute atomic E-state index is 0.289. The van der Waals surface area contributed by atoms with E-state index in [2.05, 4.69) is 15.4 Å². The maximum atomic E-state index is 11.6. The van der Waals surface area contributed by atoms with Crippen molar-refractivity contribution in [2.45, 2.75) is 13.5 Å². The van der Waals surface area contributed by atoms with Crippen LogP contribution < -0.4 is 17.0 Å². The Kier molecular flexibility index (Phi) is 3.15. The molecule has 2 heterocycles. The van der Waals surface area contributed by atoms with Gasteiger partial charge in [0.05, 0.1) is 6.54 Å². The third-order valence-corrected chi connectivity index (χ3v) is 2.35. The number of aryl methyl sites for hydroxylation is 1. The zero-order chi connectivity index (χ0) is 12.3. The van der Waals surface area contributed by atoms with Gasteiger partial charge in [0.25, 0.3) is 0 Å². The number of nitrogens with one attached hydrogen (secondary N) is 1. The Morgan fingerprint density at radius 2 is 2.29 bits per heavy atom. The molecule has 0 spiro atoms. The predicted molar refractivity (Wildman–Crippen MR) is 64.4 cm³/mol. The second-order valence-corrected chi connectivity index (χ2v) is 3.70. The van der Waals surface area contributed by atoms with Crippen LogP contribution in [0.2, 0.25) is 0 Å². The molecule has 0 atom stereocenters. The van der Waals surface area contributed by atoms with Gasteiger partial charge in [-0.2, -0.15) is 0 Å². The quantitative estimate of drug-likeness (QED) is 0.585. The molecule has 0 fully saturated rings. The number of rotatable bonds is 3. The van der Waals surface area contributed by atoms with Gasteiger partial charge in [-0.15, -0.1) is 0 Å². The first kappa shape index (κ1) is 11.3. The molecule has 6 heteroatoms. The number of aromatic nitrogens is 3. The van der Waals surface area contributed by atoms with E-state index in [1.165, 1.54) is 4.57 Å². The van der Waals surface area contributed by atoms with Crippen LogP contribution in [0.4, 0.5) is 5.82 Å². The van der Waals surface area contributed by atoms with E-state index in [1.807, 2.05) is 13.0 Å². The average Bonchev–Trinajstić information content (AvgIpc) is 2.34. The third-order valence-electron chi connectivity index (χ3n) is 2.35. The topological polar surface area (TPSA) is 85.8 Å². The molecule has 0 saturated carbocycles. The summed E-state index contributed by atoms with van der Waals surface area (Å²) in [6.07, 6.45) is 4.93. The lowest BCUT2D eigenvalue weighted by Crippen LogP contribution is -2.24. The van der Waals surface area contributed by atoms with Crippen molar-refractivity contribution in [1.82, 2.24) is 14.5 Å². The number of nitrogen functional groups attached to an aromatic ring is 1. The fraction of sp³-hybridized carbons (Fsp3) is 0.182. The van der Waals surface area contributed by atoms with Crippen LogP contribution in [-0.4, -0.2) is 14.5 Å². The largest absolute Gasteiger partial charge is 0.347 e. The number of nitrogens with two attached hydrogens (primary N) is 1.